The third-order valence-corrected chi connectivity index (χ3v) is 3.64. The minimum absolute atomic E-state index is 0.279. The summed E-state index contributed by atoms with van der Waals surface area (Å²) in [4.78, 5) is 12.1. The van der Waals surface area contributed by atoms with Gasteiger partial charge >= 0.3 is 0 Å². The number of amides is 1. The van der Waals surface area contributed by atoms with Crippen LogP contribution in [0.2, 0.25) is 0 Å². The van der Waals surface area contributed by atoms with Crippen molar-refractivity contribution in [2.75, 3.05) is 40.6 Å². The summed E-state index contributed by atoms with van der Waals surface area (Å²) in [6.45, 7) is 2.22. The zero-order chi connectivity index (χ0) is 17.1. The zero-order valence-corrected chi connectivity index (χ0v) is 15.6. The number of carbonyl (C=O) groups excluding carboxylic acids is 1. The summed E-state index contributed by atoms with van der Waals surface area (Å²) >= 11 is 8.46. The van der Waals surface area contributed by atoms with Crippen LogP contribution < -0.4 is 15.4 Å². The molecule has 0 heterocycles. The lowest BCUT2D eigenvalue weighted by molar-refractivity contribution is 0.0976. The Labute approximate surface area is 150 Å². The van der Waals surface area contributed by atoms with Crippen LogP contribution in [0.25, 0.3) is 0 Å². The number of rotatable bonds is 9. The topological polar surface area (TPSA) is 68.8 Å². The number of methoxy groups -OCH3 is 2. The fourth-order valence-electron chi connectivity index (χ4n) is 1.63. The molecule has 2 N–H and O–H groups in total. The van der Waals surface area contributed by atoms with Gasteiger partial charge in [0.2, 0.25) is 0 Å². The minimum Gasteiger partial charge on any atom is -0.490 e. The van der Waals surface area contributed by atoms with Crippen LogP contribution in [0.5, 0.6) is 5.75 Å². The van der Waals surface area contributed by atoms with Crippen molar-refractivity contribution in [1.29, 1.82) is 0 Å². The molecule has 0 spiro atoms. The first kappa shape index (κ1) is 19.8. The maximum Gasteiger partial charge on any atom is 0.257 e. The van der Waals surface area contributed by atoms with Gasteiger partial charge in [0.1, 0.15) is 12.4 Å². The maximum absolute atomic E-state index is 12.1. The summed E-state index contributed by atoms with van der Waals surface area (Å²) in [5.74, 6) is 0.372. The Bertz CT molecular complexity index is 528. The summed E-state index contributed by atoms with van der Waals surface area (Å²) in [6.07, 6.45) is 0.811. The molecule has 0 unspecified atom stereocenters. The van der Waals surface area contributed by atoms with Gasteiger partial charge < -0.3 is 19.5 Å². The molecular weight excluding hydrogens is 384 g/mol. The highest BCUT2D eigenvalue weighted by Crippen LogP contribution is 2.25. The molecule has 0 aliphatic heterocycles. The van der Waals surface area contributed by atoms with E-state index in [2.05, 4.69) is 26.6 Å². The lowest BCUT2D eigenvalue weighted by Gasteiger charge is -2.11. The molecule has 8 heteroatoms. The lowest BCUT2D eigenvalue weighted by Crippen LogP contribution is -2.39. The van der Waals surface area contributed by atoms with Crippen molar-refractivity contribution in [2.24, 2.45) is 0 Å². The van der Waals surface area contributed by atoms with Gasteiger partial charge in [0.25, 0.3) is 5.91 Å². The molecule has 0 aromatic heterocycles. The molecule has 0 aliphatic carbocycles. The van der Waals surface area contributed by atoms with Crippen molar-refractivity contribution in [3.63, 3.8) is 0 Å². The van der Waals surface area contributed by atoms with Gasteiger partial charge in [0, 0.05) is 32.9 Å². The van der Waals surface area contributed by atoms with Crippen LogP contribution in [-0.4, -0.2) is 51.6 Å². The Morgan fingerprint density at radius 1 is 1.22 bits per heavy atom. The van der Waals surface area contributed by atoms with Crippen LogP contribution in [0.1, 0.15) is 16.8 Å². The van der Waals surface area contributed by atoms with Gasteiger partial charge in [0.15, 0.2) is 5.11 Å². The average molecular weight is 405 g/mol. The molecule has 0 aliphatic rings. The first-order chi connectivity index (χ1) is 11.1. The van der Waals surface area contributed by atoms with Gasteiger partial charge in [-0.1, -0.05) is 0 Å². The van der Waals surface area contributed by atoms with Crippen LogP contribution in [0.3, 0.4) is 0 Å². The van der Waals surface area contributed by atoms with Crippen LogP contribution in [0.15, 0.2) is 22.7 Å². The van der Waals surface area contributed by atoms with E-state index in [9.17, 15) is 4.79 Å². The van der Waals surface area contributed by atoms with Crippen molar-refractivity contribution < 1.29 is 19.0 Å². The van der Waals surface area contributed by atoms with Gasteiger partial charge in [-0.05, 0) is 52.8 Å². The Balaban J connectivity index is 2.49. The summed E-state index contributed by atoms with van der Waals surface area (Å²) < 4.78 is 16.1. The third kappa shape index (κ3) is 7.74. The first-order valence-corrected chi connectivity index (χ1v) is 8.28. The summed E-state index contributed by atoms with van der Waals surface area (Å²) in [5, 5.41) is 5.87. The number of ether oxygens (including phenoxy) is 3. The average Bonchev–Trinajstić information content (AvgIpc) is 2.53. The van der Waals surface area contributed by atoms with E-state index < -0.39 is 0 Å². The summed E-state index contributed by atoms with van der Waals surface area (Å²) in [5.41, 5.74) is 0.483. The molecule has 1 rings (SSSR count). The lowest BCUT2D eigenvalue weighted by atomic mass is 10.2. The smallest absolute Gasteiger partial charge is 0.257 e. The fraction of sp³-hybridized carbons (Fsp3) is 0.467. The quantitative estimate of drug-likeness (QED) is 0.485. The van der Waals surface area contributed by atoms with Gasteiger partial charge in [-0.15, -0.1) is 0 Å². The van der Waals surface area contributed by atoms with Crippen molar-refractivity contribution in [2.45, 2.75) is 6.42 Å². The van der Waals surface area contributed by atoms with E-state index in [0.717, 1.165) is 6.42 Å². The number of nitrogens with one attached hydrogen (secondary N) is 2. The second kappa shape index (κ2) is 11.3. The minimum atomic E-state index is -0.279. The van der Waals surface area contributed by atoms with E-state index in [1.54, 1.807) is 32.4 Å². The monoisotopic (exact) mass is 404 g/mol. The number of benzene rings is 1. The molecule has 6 nitrogen and oxygen atoms in total. The Hall–Kier alpha value is -1.22. The predicted molar refractivity (Wildman–Crippen MR) is 96.1 cm³/mol. The van der Waals surface area contributed by atoms with E-state index in [1.165, 1.54) is 0 Å². The predicted octanol–water partition coefficient (Wildman–Crippen LogP) is 2.12. The molecule has 0 atom stereocenters. The van der Waals surface area contributed by atoms with Gasteiger partial charge in [-0.2, -0.15) is 0 Å². The molecule has 0 fully saturated rings. The number of halogens is 1. The van der Waals surface area contributed by atoms with Crippen LogP contribution in [0.4, 0.5) is 0 Å². The van der Waals surface area contributed by atoms with E-state index in [1.807, 2.05) is 0 Å². The molecule has 1 aromatic carbocycles. The number of hydrogen-bond acceptors (Lipinski definition) is 5. The Morgan fingerprint density at radius 3 is 2.61 bits per heavy atom. The fourth-order valence-corrected chi connectivity index (χ4v) is 2.32. The molecule has 0 saturated carbocycles. The Kier molecular flexibility index (Phi) is 9.77. The van der Waals surface area contributed by atoms with Gasteiger partial charge in [0.05, 0.1) is 11.1 Å². The summed E-state index contributed by atoms with van der Waals surface area (Å²) in [7, 11) is 3.25. The van der Waals surface area contributed by atoms with Crippen molar-refractivity contribution >= 4 is 39.2 Å². The first-order valence-electron chi connectivity index (χ1n) is 7.08. The highest BCUT2D eigenvalue weighted by Gasteiger charge is 2.10. The largest absolute Gasteiger partial charge is 0.490 e. The van der Waals surface area contributed by atoms with E-state index in [4.69, 9.17) is 26.4 Å². The third-order valence-electron chi connectivity index (χ3n) is 2.78. The highest BCUT2D eigenvalue weighted by molar-refractivity contribution is 9.10. The van der Waals surface area contributed by atoms with E-state index in [0.29, 0.717) is 47.3 Å². The number of carbonyl (C=O) groups is 1. The molecular formula is C15H21BrN2O4S. The summed E-state index contributed by atoms with van der Waals surface area (Å²) in [6, 6.07) is 5.09. The zero-order valence-electron chi connectivity index (χ0n) is 13.2. The molecule has 1 amide bonds. The second-order valence-electron chi connectivity index (χ2n) is 4.54. The molecule has 23 heavy (non-hydrogen) atoms. The molecule has 0 bridgehead atoms. The van der Waals surface area contributed by atoms with Gasteiger partial charge in [-0.25, -0.2) is 0 Å². The van der Waals surface area contributed by atoms with Crippen LogP contribution in [-0.2, 0) is 9.47 Å². The SMILES string of the molecule is COCCCNC(=S)NC(=O)c1ccc(OCCOC)c(Br)c1. The van der Waals surface area contributed by atoms with Crippen LogP contribution in [0, 0.1) is 0 Å². The van der Waals surface area contributed by atoms with E-state index >= 15 is 0 Å². The number of thiocarbonyl (C=S) groups is 1. The highest BCUT2D eigenvalue weighted by atomic mass is 79.9. The van der Waals surface area contributed by atoms with Crippen molar-refractivity contribution in [3.05, 3.63) is 28.2 Å². The van der Waals surface area contributed by atoms with Crippen molar-refractivity contribution in [3.8, 4) is 5.75 Å². The molecule has 128 valence electrons. The maximum atomic E-state index is 12.1. The van der Waals surface area contributed by atoms with Gasteiger partial charge in [-0.3, -0.25) is 10.1 Å². The second-order valence-corrected chi connectivity index (χ2v) is 5.81. The molecule has 0 saturated heterocycles. The molecule has 0 radical (unpaired) electrons. The normalized spacial score (nSPS) is 10.2. The van der Waals surface area contributed by atoms with Crippen LogP contribution >= 0.6 is 28.1 Å². The van der Waals surface area contributed by atoms with E-state index in [-0.39, 0.29) is 5.91 Å². The number of hydrogen-bond donors (Lipinski definition) is 2. The molecule has 1 aromatic rings. The Morgan fingerprint density at radius 2 is 1.96 bits per heavy atom. The van der Waals surface area contributed by atoms with Crippen molar-refractivity contribution in [1.82, 2.24) is 10.6 Å². The standard InChI is InChI=1S/C15H21BrN2O4S/c1-20-7-3-6-17-15(23)18-14(19)11-4-5-13(12(16)10-11)22-9-8-21-2/h4-5,10H,3,6-9H2,1-2H3,(H2,17,18,19,23).